The van der Waals surface area contributed by atoms with E-state index in [4.69, 9.17) is 18.9 Å². The monoisotopic (exact) mass is 566 g/mol. The molecule has 0 aromatic heterocycles. The molecule has 2 fully saturated rings. The Labute approximate surface area is 244 Å². The van der Waals surface area contributed by atoms with Crippen molar-refractivity contribution in [2.75, 3.05) is 33.4 Å². The Kier molecular flexibility index (Phi) is 10.2. The minimum Gasteiger partial charge on any atom is -0.496 e. The molecule has 0 N–H and O–H groups in total. The molecule has 1 heterocycles. The maximum atomic E-state index is 13.5. The lowest BCUT2D eigenvalue weighted by Gasteiger charge is -2.39. The van der Waals surface area contributed by atoms with Crippen LogP contribution in [0, 0.1) is 19.8 Å². The van der Waals surface area contributed by atoms with Gasteiger partial charge in [0.15, 0.2) is 0 Å². The zero-order valence-electron chi connectivity index (χ0n) is 25.5. The van der Waals surface area contributed by atoms with E-state index in [-0.39, 0.29) is 30.1 Å². The number of amides is 2. The van der Waals surface area contributed by atoms with Crippen LogP contribution in [0.25, 0.3) is 0 Å². The number of methoxy groups -OCH3 is 1. The fraction of sp³-hybridized carbons (Fsp3) is 0.576. The lowest BCUT2D eigenvalue weighted by molar-refractivity contribution is -0.145. The summed E-state index contributed by atoms with van der Waals surface area (Å²) >= 11 is 0. The number of rotatable bonds is 8. The van der Waals surface area contributed by atoms with Crippen molar-refractivity contribution >= 4 is 12.0 Å². The SMILES string of the molecule is COc1ccc(CN(C(=O)OC(C)(C)C)C2CCC(C(=O)N3CCOC(COc4ccc(C)cc4)C3)CC2)cc1C. The van der Waals surface area contributed by atoms with Crippen LogP contribution in [0.5, 0.6) is 11.5 Å². The van der Waals surface area contributed by atoms with Crippen molar-refractivity contribution in [1.29, 1.82) is 0 Å². The third-order valence-corrected chi connectivity index (χ3v) is 7.83. The number of ether oxygens (including phenoxy) is 4. The molecule has 0 radical (unpaired) electrons. The average Bonchev–Trinajstić information content (AvgIpc) is 2.94. The summed E-state index contributed by atoms with van der Waals surface area (Å²) in [5, 5.41) is 0. The van der Waals surface area contributed by atoms with E-state index in [1.54, 1.807) is 7.11 Å². The number of hydrogen-bond acceptors (Lipinski definition) is 6. The second-order valence-corrected chi connectivity index (χ2v) is 12.3. The summed E-state index contributed by atoms with van der Waals surface area (Å²) < 4.78 is 23.0. The predicted molar refractivity (Wildman–Crippen MR) is 158 cm³/mol. The summed E-state index contributed by atoms with van der Waals surface area (Å²) in [5.74, 6) is 1.76. The number of carbonyl (C=O) groups excluding carboxylic acids is 2. The van der Waals surface area contributed by atoms with Gasteiger partial charge < -0.3 is 28.7 Å². The molecule has 1 saturated carbocycles. The highest BCUT2D eigenvalue weighted by molar-refractivity contribution is 5.79. The van der Waals surface area contributed by atoms with Crippen LogP contribution in [-0.4, -0.2) is 73.0 Å². The molecule has 8 heteroatoms. The van der Waals surface area contributed by atoms with E-state index in [0.717, 1.165) is 48.3 Å². The van der Waals surface area contributed by atoms with Crippen LogP contribution in [0.2, 0.25) is 0 Å². The summed E-state index contributed by atoms with van der Waals surface area (Å²) in [7, 11) is 1.66. The second kappa shape index (κ2) is 13.6. The molecule has 2 amide bonds. The third-order valence-electron chi connectivity index (χ3n) is 7.83. The first-order chi connectivity index (χ1) is 19.5. The summed E-state index contributed by atoms with van der Waals surface area (Å²) in [5.41, 5.74) is 2.65. The van der Waals surface area contributed by atoms with Gasteiger partial charge in [-0.2, -0.15) is 0 Å². The Balaban J connectivity index is 1.34. The predicted octanol–water partition coefficient (Wildman–Crippen LogP) is 5.91. The number of benzene rings is 2. The summed E-state index contributed by atoms with van der Waals surface area (Å²) in [6, 6.07) is 14.0. The van der Waals surface area contributed by atoms with Crippen LogP contribution in [0.15, 0.2) is 42.5 Å². The summed E-state index contributed by atoms with van der Waals surface area (Å²) in [4.78, 5) is 30.6. The van der Waals surface area contributed by atoms with E-state index < -0.39 is 5.60 Å². The Bertz CT molecular complexity index is 1170. The minimum absolute atomic E-state index is 0.0108. The number of nitrogens with zero attached hydrogens (tertiary/aromatic N) is 2. The van der Waals surface area contributed by atoms with Gasteiger partial charge in [0.25, 0.3) is 0 Å². The fourth-order valence-electron chi connectivity index (χ4n) is 5.64. The van der Waals surface area contributed by atoms with Gasteiger partial charge in [-0.05, 0) is 89.6 Å². The van der Waals surface area contributed by atoms with Crippen molar-refractivity contribution in [1.82, 2.24) is 9.80 Å². The van der Waals surface area contributed by atoms with Gasteiger partial charge in [0.2, 0.25) is 5.91 Å². The zero-order chi connectivity index (χ0) is 29.6. The van der Waals surface area contributed by atoms with Gasteiger partial charge in [0.1, 0.15) is 29.8 Å². The lowest BCUT2D eigenvalue weighted by Crippen LogP contribution is -2.51. The summed E-state index contributed by atoms with van der Waals surface area (Å²) in [6.07, 6.45) is 2.54. The number of carbonyl (C=O) groups is 2. The van der Waals surface area contributed by atoms with Gasteiger partial charge >= 0.3 is 6.09 Å². The van der Waals surface area contributed by atoms with Gasteiger partial charge in [-0.25, -0.2) is 4.79 Å². The molecule has 1 atom stereocenters. The van der Waals surface area contributed by atoms with Crippen molar-refractivity contribution < 1.29 is 28.5 Å². The van der Waals surface area contributed by atoms with Gasteiger partial charge in [0.05, 0.1) is 20.3 Å². The fourth-order valence-corrected chi connectivity index (χ4v) is 5.64. The Hall–Kier alpha value is -3.26. The highest BCUT2D eigenvalue weighted by atomic mass is 16.6. The molecule has 2 aromatic rings. The van der Waals surface area contributed by atoms with Gasteiger partial charge in [-0.3, -0.25) is 4.79 Å². The third kappa shape index (κ3) is 8.62. The number of hydrogen-bond donors (Lipinski definition) is 0. The highest BCUT2D eigenvalue weighted by Gasteiger charge is 2.36. The normalized spacial score (nSPS) is 21.2. The summed E-state index contributed by atoms with van der Waals surface area (Å²) in [6.45, 7) is 12.2. The topological polar surface area (TPSA) is 77.5 Å². The second-order valence-electron chi connectivity index (χ2n) is 12.3. The number of morpholine rings is 1. The van der Waals surface area contributed by atoms with Crippen LogP contribution >= 0.6 is 0 Å². The van der Waals surface area contributed by atoms with E-state index >= 15 is 0 Å². The smallest absolute Gasteiger partial charge is 0.410 e. The van der Waals surface area contributed by atoms with Crippen molar-refractivity contribution in [2.45, 2.75) is 84.6 Å². The molecule has 1 aliphatic heterocycles. The van der Waals surface area contributed by atoms with Crippen LogP contribution < -0.4 is 9.47 Å². The molecular weight excluding hydrogens is 520 g/mol. The number of aryl methyl sites for hydroxylation is 2. The van der Waals surface area contributed by atoms with Crippen LogP contribution in [0.4, 0.5) is 4.79 Å². The molecule has 1 aliphatic carbocycles. The Morgan fingerprint density at radius 2 is 1.73 bits per heavy atom. The van der Waals surface area contributed by atoms with Crippen LogP contribution in [-0.2, 0) is 20.8 Å². The molecular formula is C33H46N2O6. The average molecular weight is 567 g/mol. The lowest BCUT2D eigenvalue weighted by atomic mass is 9.84. The van der Waals surface area contributed by atoms with E-state index in [2.05, 4.69) is 6.07 Å². The van der Waals surface area contributed by atoms with E-state index in [0.29, 0.717) is 32.8 Å². The highest BCUT2D eigenvalue weighted by Crippen LogP contribution is 2.32. The quantitative estimate of drug-likeness (QED) is 0.395. The van der Waals surface area contributed by atoms with E-state index in [1.807, 2.05) is 80.8 Å². The molecule has 0 spiro atoms. The van der Waals surface area contributed by atoms with Gasteiger partial charge in [-0.1, -0.05) is 29.8 Å². The maximum absolute atomic E-state index is 13.5. The molecule has 8 nitrogen and oxygen atoms in total. The molecule has 0 bridgehead atoms. The Morgan fingerprint density at radius 1 is 1.02 bits per heavy atom. The zero-order valence-corrected chi connectivity index (χ0v) is 25.5. The van der Waals surface area contributed by atoms with Crippen LogP contribution in [0.3, 0.4) is 0 Å². The molecule has 1 unspecified atom stereocenters. The maximum Gasteiger partial charge on any atom is 0.410 e. The molecule has 41 heavy (non-hydrogen) atoms. The van der Waals surface area contributed by atoms with Crippen LogP contribution in [0.1, 0.15) is 63.1 Å². The first kappa shape index (κ1) is 30.7. The molecule has 1 saturated heterocycles. The molecule has 4 rings (SSSR count). The van der Waals surface area contributed by atoms with Gasteiger partial charge in [-0.15, -0.1) is 0 Å². The minimum atomic E-state index is -0.589. The largest absolute Gasteiger partial charge is 0.496 e. The first-order valence-corrected chi connectivity index (χ1v) is 14.8. The molecule has 224 valence electrons. The van der Waals surface area contributed by atoms with Crippen molar-refractivity contribution in [3.63, 3.8) is 0 Å². The van der Waals surface area contributed by atoms with Crippen molar-refractivity contribution in [2.24, 2.45) is 5.92 Å². The van der Waals surface area contributed by atoms with Crippen molar-refractivity contribution in [3.8, 4) is 11.5 Å². The Morgan fingerprint density at radius 3 is 2.37 bits per heavy atom. The molecule has 2 aromatic carbocycles. The van der Waals surface area contributed by atoms with Crippen molar-refractivity contribution in [3.05, 3.63) is 59.2 Å². The van der Waals surface area contributed by atoms with E-state index in [1.165, 1.54) is 5.56 Å². The van der Waals surface area contributed by atoms with E-state index in [9.17, 15) is 9.59 Å². The molecule has 2 aliphatic rings. The standard InChI is InChI=1S/C33H46N2O6/c1-23-7-14-28(15-8-23)40-22-29-21-34(17-18-39-29)31(36)26-10-12-27(13-11-26)35(32(37)41-33(3,4)5)20-25-9-16-30(38-6)24(2)19-25/h7-9,14-16,19,26-27,29H,10-13,17-18,20-22H2,1-6H3. The van der Waals surface area contributed by atoms with Gasteiger partial charge in [0, 0.05) is 25.0 Å². The first-order valence-electron chi connectivity index (χ1n) is 14.8.